The summed E-state index contributed by atoms with van der Waals surface area (Å²) in [7, 11) is 2.86. The number of alkyl carbamates (subject to hydrolysis) is 2. The predicted molar refractivity (Wildman–Crippen MR) is 81.1 cm³/mol. The molecule has 0 aliphatic rings. The molecule has 0 spiro atoms. The molecule has 0 aromatic carbocycles. The van der Waals surface area contributed by atoms with Crippen molar-refractivity contribution in [2.45, 2.75) is 12.8 Å². The zero-order chi connectivity index (χ0) is 18.2. The molecule has 2 N–H and O–H groups in total. The lowest BCUT2D eigenvalue weighted by Crippen LogP contribution is -2.20. The first kappa shape index (κ1) is 21.2. The Balaban J connectivity index is 3.64. The Bertz CT molecular complexity index is 410. The van der Waals surface area contributed by atoms with Gasteiger partial charge in [0.1, 0.15) is 0 Å². The summed E-state index contributed by atoms with van der Waals surface area (Å²) in [5, 5.41) is 4.54. The number of amides is 2. The molecule has 2 amide bonds. The molecule has 10 nitrogen and oxygen atoms in total. The molecule has 0 saturated carbocycles. The molecule has 136 valence electrons. The number of carbonyl (C=O) groups excluding carboxylic acids is 4. The van der Waals surface area contributed by atoms with Gasteiger partial charge in [-0.3, -0.25) is 0 Å². The van der Waals surface area contributed by atoms with Gasteiger partial charge in [0.2, 0.25) is 0 Å². The third kappa shape index (κ3) is 12.9. The highest BCUT2D eigenvalue weighted by Crippen LogP contribution is 1.91. The van der Waals surface area contributed by atoms with Gasteiger partial charge >= 0.3 is 24.1 Å². The van der Waals surface area contributed by atoms with E-state index < -0.39 is 24.1 Å². The number of rotatable bonds is 10. The van der Waals surface area contributed by atoms with Crippen molar-refractivity contribution in [3.63, 3.8) is 0 Å². The molecule has 0 aliphatic heterocycles. The van der Waals surface area contributed by atoms with Crippen molar-refractivity contribution >= 4 is 24.1 Å². The first-order valence-corrected chi connectivity index (χ1v) is 7.20. The van der Waals surface area contributed by atoms with Crippen LogP contribution in [0.25, 0.3) is 0 Å². The monoisotopic (exact) mass is 346 g/mol. The van der Waals surface area contributed by atoms with Gasteiger partial charge in [0.15, 0.2) is 0 Å². The molecule has 0 fully saturated rings. The maximum atomic E-state index is 11.3. The molecular weight excluding hydrogens is 324 g/mol. The molecule has 0 rings (SSSR count). The minimum Gasteiger partial charge on any atom is -0.462 e. The van der Waals surface area contributed by atoms with Gasteiger partial charge in [-0.25, -0.2) is 19.2 Å². The summed E-state index contributed by atoms with van der Waals surface area (Å²) in [5.41, 5.74) is 0. The third-order valence-corrected chi connectivity index (χ3v) is 2.30. The fourth-order valence-corrected chi connectivity index (χ4v) is 1.17. The predicted octanol–water partition coefficient (Wildman–Crippen LogP) is 0.121. The lowest BCUT2D eigenvalue weighted by atomic mass is 10.4. The van der Waals surface area contributed by atoms with Crippen LogP contribution in [0.2, 0.25) is 0 Å². The highest BCUT2D eigenvalue weighted by molar-refractivity contribution is 5.91. The second-order valence-electron chi connectivity index (χ2n) is 4.15. The van der Waals surface area contributed by atoms with Gasteiger partial charge in [0, 0.05) is 39.1 Å². The van der Waals surface area contributed by atoms with Crippen LogP contribution in [0.4, 0.5) is 9.59 Å². The molecule has 0 unspecified atom stereocenters. The summed E-state index contributed by atoms with van der Waals surface area (Å²) in [6, 6.07) is 0. The summed E-state index contributed by atoms with van der Waals surface area (Å²) in [5.74, 6) is -1.43. The van der Waals surface area contributed by atoms with Crippen LogP contribution in [0.1, 0.15) is 12.8 Å². The van der Waals surface area contributed by atoms with E-state index in [0.717, 1.165) is 12.2 Å². The summed E-state index contributed by atoms with van der Waals surface area (Å²) >= 11 is 0. The number of hydrogen-bond donors (Lipinski definition) is 2. The first-order valence-electron chi connectivity index (χ1n) is 7.20. The van der Waals surface area contributed by atoms with Gasteiger partial charge < -0.3 is 29.6 Å². The molecule has 0 saturated heterocycles. The summed E-state index contributed by atoms with van der Waals surface area (Å²) < 4.78 is 18.9. The summed E-state index contributed by atoms with van der Waals surface area (Å²) in [6.45, 7) is 0.311. The zero-order valence-electron chi connectivity index (χ0n) is 13.7. The van der Waals surface area contributed by atoms with Crippen molar-refractivity contribution in [1.82, 2.24) is 10.6 Å². The molecule has 0 atom stereocenters. The molecular formula is C14H22N2O8. The minimum atomic E-state index is -0.713. The van der Waals surface area contributed by atoms with Crippen molar-refractivity contribution in [3.05, 3.63) is 12.2 Å². The fourth-order valence-electron chi connectivity index (χ4n) is 1.17. The van der Waals surface area contributed by atoms with Crippen LogP contribution in [0, 0.1) is 0 Å². The normalized spacial score (nSPS) is 9.92. The SMILES string of the molecule is CNC(=O)OCCCOC(=O)/C=C/C(=O)OCCCOC(=O)NC. The van der Waals surface area contributed by atoms with Crippen LogP contribution in [0.3, 0.4) is 0 Å². The second-order valence-corrected chi connectivity index (χ2v) is 4.15. The molecule has 0 aromatic heterocycles. The standard InChI is InChI=1S/C14H22N2O8/c1-15-13(19)23-9-3-7-21-11(17)5-6-12(18)22-8-4-10-24-14(20)16-2/h5-6H,3-4,7-10H2,1-2H3,(H,15,19)(H,16,20)/b6-5+. The summed E-state index contributed by atoms with van der Waals surface area (Å²) in [4.78, 5) is 44.0. The van der Waals surface area contributed by atoms with E-state index in [1.54, 1.807) is 0 Å². The Kier molecular flexibility index (Phi) is 12.2. The van der Waals surface area contributed by atoms with Crippen LogP contribution < -0.4 is 10.6 Å². The second kappa shape index (κ2) is 13.9. The Morgan fingerprint density at radius 2 is 1.00 bits per heavy atom. The van der Waals surface area contributed by atoms with Gasteiger partial charge in [-0.15, -0.1) is 0 Å². The minimum absolute atomic E-state index is 0.0477. The number of nitrogens with one attached hydrogen (secondary N) is 2. The Morgan fingerprint density at radius 3 is 1.33 bits per heavy atom. The van der Waals surface area contributed by atoms with Crippen LogP contribution in [-0.4, -0.2) is 64.6 Å². The topological polar surface area (TPSA) is 129 Å². The molecule has 0 aromatic rings. The molecule has 0 bridgehead atoms. The smallest absolute Gasteiger partial charge is 0.406 e. The number of carbonyl (C=O) groups is 4. The van der Waals surface area contributed by atoms with E-state index in [1.165, 1.54) is 14.1 Å². The quantitative estimate of drug-likeness (QED) is 0.247. The van der Waals surface area contributed by atoms with Crippen LogP contribution in [0.15, 0.2) is 12.2 Å². The molecule has 0 radical (unpaired) electrons. The van der Waals surface area contributed by atoms with Gasteiger partial charge in [0.25, 0.3) is 0 Å². The number of hydrogen-bond acceptors (Lipinski definition) is 8. The Labute approximate surface area is 139 Å². The van der Waals surface area contributed by atoms with Gasteiger partial charge in [-0.2, -0.15) is 0 Å². The third-order valence-electron chi connectivity index (χ3n) is 2.30. The van der Waals surface area contributed by atoms with Crippen molar-refractivity contribution in [2.24, 2.45) is 0 Å². The van der Waals surface area contributed by atoms with E-state index in [-0.39, 0.29) is 26.4 Å². The van der Waals surface area contributed by atoms with Crippen molar-refractivity contribution in [2.75, 3.05) is 40.5 Å². The van der Waals surface area contributed by atoms with Crippen LogP contribution >= 0.6 is 0 Å². The maximum absolute atomic E-state index is 11.3. The molecule has 0 aliphatic carbocycles. The molecule has 24 heavy (non-hydrogen) atoms. The van der Waals surface area contributed by atoms with E-state index in [0.29, 0.717) is 12.8 Å². The Morgan fingerprint density at radius 1 is 0.667 bits per heavy atom. The first-order chi connectivity index (χ1) is 11.5. The van der Waals surface area contributed by atoms with Gasteiger partial charge in [-0.1, -0.05) is 0 Å². The van der Waals surface area contributed by atoms with E-state index in [4.69, 9.17) is 9.47 Å². The van der Waals surface area contributed by atoms with Crippen molar-refractivity contribution in [3.8, 4) is 0 Å². The van der Waals surface area contributed by atoms with Gasteiger partial charge in [-0.05, 0) is 0 Å². The Hall–Kier alpha value is -2.78. The van der Waals surface area contributed by atoms with Gasteiger partial charge in [0.05, 0.1) is 26.4 Å². The zero-order valence-corrected chi connectivity index (χ0v) is 13.7. The number of ether oxygens (including phenoxy) is 4. The highest BCUT2D eigenvalue weighted by Gasteiger charge is 2.03. The van der Waals surface area contributed by atoms with Crippen LogP contribution in [0.5, 0.6) is 0 Å². The maximum Gasteiger partial charge on any atom is 0.406 e. The average Bonchev–Trinajstić information content (AvgIpc) is 2.58. The lowest BCUT2D eigenvalue weighted by Gasteiger charge is -2.04. The van der Waals surface area contributed by atoms with E-state index in [1.807, 2.05) is 0 Å². The van der Waals surface area contributed by atoms with E-state index in [9.17, 15) is 19.2 Å². The fraction of sp³-hybridized carbons (Fsp3) is 0.571. The molecule has 10 heteroatoms. The van der Waals surface area contributed by atoms with Crippen molar-refractivity contribution in [1.29, 1.82) is 0 Å². The average molecular weight is 346 g/mol. The van der Waals surface area contributed by atoms with E-state index >= 15 is 0 Å². The van der Waals surface area contributed by atoms with E-state index in [2.05, 4.69) is 20.1 Å². The van der Waals surface area contributed by atoms with Crippen LogP contribution in [-0.2, 0) is 28.5 Å². The number of esters is 2. The van der Waals surface area contributed by atoms with Crippen molar-refractivity contribution < 1.29 is 38.1 Å². The summed E-state index contributed by atoms with van der Waals surface area (Å²) in [6.07, 6.45) is 1.41. The lowest BCUT2D eigenvalue weighted by molar-refractivity contribution is -0.140. The highest BCUT2D eigenvalue weighted by atomic mass is 16.6. The largest absolute Gasteiger partial charge is 0.462 e. The molecule has 0 heterocycles.